The second-order valence-corrected chi connectivity index (χ2v) is 4.27. The smallest absolute Gasteiger partial charge is 0.331 e. The SMILES string of the molecule is C=C1O[C@@H](n2ccc(=O)[nH]c2=O)[C@](C)(N=[N+]=[N-])[C@@H]1O. The van der Waals surface area contributed by atoms with Gasteiger partial charge in [0.1, 0.15) is 17.4 Å². The molecule has 1 fully saturated rings. The molecule has 9 nitrogen and oxygen atoms in total. The van der Waals surface area contributed by atoms with Gasteiger partial charge in [0, 0.05) is 17.2 Å². The number of azide groups is 1. The number of hydrogen-bond acceptors (Lipinski definition) is 5. The fraction of sp³-hybridized carbons (Fsp3) is 0.400. The number of aromatic nitrogens is 2. The highest BCUT2D eigenvalue weighted by Crippen LogP contribution is 2.41. The maximum atomic E-state index is 11.7. The van der Waals surface area contributed by atoms with Crippen LogP contribution >= 0.6 is 0 Å². The standard InChI is InChI=1S/C10H11N5O4/c1-5-7(17)10(2,13-14-11)8(19-5)15-4-3-6(16)12-9(15)18/h3-4,7-8,17H,1H2,2H3,(H,12,16,18)/t7-,8-,10-/m1/s1. The Labute approximate surface area is 106 Å². The van der Waals surface area contributed by atoms with Crippen LogP contribution in [0.15, 0.2) is 39.3 Å². The number of aliphatic hydroxyl groups excluding tert-OH is 1. The predicted octanol–water partition coefficient (Wildman–Crippen LogP) is 0.00900. The summed E-state index contributed by atoms with van der Waals surface area (Å²) in [6.07, 6.45) is -1.15. The molecule has 0 spiro atoms. The largest absolute Gasteiger partial charge is 0.471 e. The van der Waals surface area contributed by atoms with Gasteiger partial charge < -0.3 is 9.84 Å². The highest BCUT2D eigenvalue weighted by atomic mass is 16.5. The first-order valence-corrected chi connectivity index (χ1v) is 5.31. The van der Waals surface area contributed by atoms with Gasteiger partial charge in [0.05, 0.1) is 0 Å². The molecule has 0 radical (unpaired) electrons. The molecule has 0 amide bonds. The van der Waals surface area contributed by atoms with E-state index in [0.717, 1.165) is 10.6 Å². The summed E-state index contributed by atoms with van der Waals surface area (Å²) in [7, 11) is 0. The van der Waals surface area contributed by atoms with Crippen LogP contribution in [-0.4, -0.2) is 26.3 Å². The van der Waals surface area contributed by atoms with Crippen molar-refractivity contribution in [2.75, 3.05) is 0 Å². The molecule has 2 N–H and O–H groups in total. The molecule has 0 unspecified atom stereocenters. The maximum absolute atomic E-state index is 11.7. The van der Waals surface area contributed by atoms with Crippen LogP contribution in [0.4, 0.5) is 0 Å². The van der Waals surface area contributed by atoms with Crippen molar-refractivity contribution in [1.82, 2.24) is 9.55 Å². The van der Waals surface area contributed by atoms with Crippen LogP contribution in [0.25, 0.3) is 10.4 Å². The van der Waals surface area contributed by atoms with Crippen molar-refractivity contribution in [3.8, 4) is 0 Å². The Morgan fingerprint density at radius 3 is 2.95 bits per heavy atom. The van der Waals surface area contributed by atoms with E-state index >= 15 is 0 Å². The van der Waals surface area contributed by atoms with Gasteiger partial charge in [-0.2, -0.15) is 0 Å². The van der Waals surface area contributed by atoms with E-state index in [-0.39, 0.29) is 5.76 Å². The van der Waals surface area contributed by atoms with Gasteiger partial charge in [-0.25, -0.2) is 4.79 Å². The summed E-state index contributed by atoms with van der Waals surface area (Å²) >= 11 is 0. The Morgan fingerprint density at radius 1 is 1.68 bits per heavy atom. The average molecular weight is 265 g/mol. The summed E-state index contributed by atoms with van der Waals surface area (Å²) in [5.41, 5.74) is 5.85. The molecule has 100 valence electrons. The molecule has 1 aromatic heterocycles. The molecule has 9 heteroatoms. The van der Waals surface area contributed by atoms with Crippen LogP contribution in [0, 0.1) is 0 Å². The van der Waals surface area contributed by atoms with E-state index in [1.807, 2.05) is 0 Å². The first-order chi connectivity index (χ1) is 8.90. The minimum atomic E-state index is -1.44. The lowest BCUT2D eigenvalue weighted by Crippen LogP contribution is -2.43. The van der Waals surface area contributed by atoms with Crippen molar-refractivity contribution >= 4 is 0 Å². The molecule has 3 atom stereocenters. The molecule has 1 aliphatic heterocycles. The third-order valence-electron chi connectivity index (χ3n) is 2.99. The number of hydrogen-bond donors (Lipinski definition) is 2. The number of aromatic amines is 1. The molecule has 0 aromatic carbocycles. The summed E-state index contributed by atoms with van der Waals surface area (Å²) in [5.74, 6) is -0.0157. The molecular formula is C10H11N5O4. The van der Waals surface area contributed by atoms with Gasteiger partial charge in [-0.15, -0.1) is 0 Å². The molecule has 1 aliphatic rings. The third-order valence-corrected chi connectivity index (χ3v) is 2.99. The number of nitrogens with zero attached hydrogens (tertiary/aromatic N) is 4. The van der Waals surface area contributed by atoms with Crippen LogP contribution in [0.2, 0.25) is 0 Å². The zero-order valence-corrected chi connectivity index (χ0v) is 9.98. The second-order valence-electron chi connectivity index (χ2n) is 4.27. The number of aliphatic hydroxyl groups is 1. The molecule has 2 rings (SSSR count). The molecule has 0 aliphatic carbocycles. The van der Waals surface area contributed by atoms with E-state index in [1.54, 1.807) is 0 Å². The van der Waals surface area contributed by atoms with E-state index < -0.39 is 29.1 Å². The summed E-state index contributed by atoms with van der Waals surface area (Å²) in [4.78, 5) is 27.4. The maximum Gasteiger partial charge on any atom is 0.331 e. The number of nitrogens with one attached hydrogen (secondary N) is 1. The Bertz CT molecular complexity index is 686. The van der Waals surface area contributed by atoms with Gasteiger partial charge in [0.15, 0.2) is 6.23 Å². The fourth-order valence-electron chi connectivity index (χ4n) is 1.94. The summed E-state index contributed by atoms with van der Waals surface area (Å²) < 4.78 is 6.31. The van der Waals surface area contributed by atoms with Gasteiger partial charge >= 0.3 is 5.69 Å². The monoisotopic (exact) mass is 265 g/mol. The van der Waals surface area contributed by atoms with Gasteiger partial charge in [-0.3, -0.25) is 14.3 Å². The van der Waals surface area contributed by atoms with Gasteiger partial charge in [-0.05, 0) is 12.5 Å². The average Bonchev–Trinajstić information content (AvgIpc) is 2.55. The van der Waals surface area contributed by atoms with Crippen molar-refractivity contribution in [1.29, 1.82) is 0 Å². The Kier molecular flexibility index (Phi) is 2.93. The molecule has 0 bridgehead atoms. The van der Waals surface area contributed by atoms with Crippen molar-refractivity contribution in [3.05, 3.63) is 55.9 Å². The lowest BCUT2D eigenvalue weighted by atomic mass is 9.95. The Balaban J connectivity index is 2.60. The first-order valence-electron chi connectivity index (χ1n) is 5.31. The predicted molar refractivity (Wildman–Crippen MR) is 64.1 cm³/mol. The fourth-order valence-corrected chi connectivity index (χ4v) is 1.94. The highest BCUT2D eigenvalue weighted by molar-refractivity contribution is 5.15. The molecule has 19 heavy (non-hydrogen) atoms. The normalized spacial score (nSPS) is 29.7. The lowest BCUT2D eigenvalue weighted by Gasteiger charge is -2.26. The Hall–Kier alpha value is -2.51. The van der Waals surface area contributed by atoms with Gasteiger partial charge in [-0.1, -0.05) is 11.7 Å². The quantitative estimate of drug-likeness (QED) is 0.442. The number of ether oxygens (including phenoxy) is 1. The molecule has 1 saturated heterocycles. The summed E-state index contributed by atoms with van der Waals surface area (Å²) in [5, 5.41) is 13.4. The lowest BCUT2D eigenvalue weighted by molar-refractivity contribution is 0.0452. The van der Waals surface area contributed by atoms with Crippen molar-refractivity contribution < 1.29 is 9.84 Å². The summed E-state index contributed by atoms with van der Waals surface area (Å²) in [6, 6.07) is 1.12. The molecule has 2 heterocycles. The number of H-pyrrole nitrogens is 1. The van der Waals surface area contributed by atoms with Gasteiger partial charge in [0.2, 0.25) is 0 Å². The molecular weight excluding hydrogens is 254 g/mol. The third kappa shape index (κ3) is 1.90. The highest BCUT2D eigenvalue weighted by Gasteiger charge is 2.51. The number of rotatable bonds is 2. The topological polar surface area (TPSA) is 133 Å². The van der Waals surface area contributed by atoms with Crippen molar-refractivity contribution in [2.24, 2.45) is 5.11 Å². The van der Waals surface area contributed by atoms with Crippen LogP contribution in [0.1, 0.15) is 13.2 Å². The minimum absolute atomic E-state index is 0.0157. The zero-order valence-electron chi connectivity index (χ0n) is 9.98. The van der Waals surface area contributed by atoms with E-state index in [9.17, 15) is 14.7 Å². The minimum Gasteiger partial charge on any atom is -0.471 e. The van der Waals surface area contributed by atoms with E-state index in [4.69, 9.17) is 10.3 Å². The van der Waals surface area contributed by atoms with Gasteiger partial charge in [0.25, 0.3) is 5.56 Å². The molecule has 0 saturated carbocycles. The van der Waals surface area contributed by atoms with Crippen LogP contribution in [0.3, 0.4) is 0 Å². The Morgan fingerprint density at radius 2 is 2.37 bits per heavy atom. The van der Waals surface area contributed by atoms with Crippen molar-refractivity contribution in [3.63, 3.8) is 0 Å². The van der Waals surface area contributed by atoms with E-state index in [1.165, 1.54) is 13.1 Å². The van der Waals surface area contributed by atoms with Crippen LogP contribution < -0.4 is 11.2 Å². The second kappa shape index (κ2) is 4.30. The van der Waals surface area contributed by atoms with Crippen LogP contribution in [0.5, 0.6) is 0 Å². The van der Waals surface area contributed by atoms with Crippen LogP contribution in [-0.2, 0) is 4.74 Å². The first kappa shape index (κ1) is 12.9. The molecule has 1 aromatic rings. The van der Waals surface area contributed by atoms with E-state index in [2.05, 4.69) is 21.6 Å². The zero-order chi connectivity index (χ0) is 14.2. The van der Waals surface area contributed by atoms with E-state index in [0.29, 0.717) is 0 Å². The summed E-state index contributed by atoms with van der Waals surface area (Å²) in [6.45, 7) is 4.92. The van der Waals surface area contributed by atoms with Crippen molar-refractivity contribution in [2.45, 2.75) is 24.8 Å².